The molecule has 1 amide bonds. The second kappa shape index (κ2) is 8.07. The molecule has 1 aromatic heterocycles. The van der Waals surface area contributed by atoms with Crippen LogP contribution >= 0.6 is 0 Å². The minimum Gasteiger partial charge on any atom is -0.383 e. The molecule has 0 unspecified atom stereocenters. The van der Waals surface area contributed by atoms with Gasteiger partial charge in [0.2, 0.25) is 0 Å². The Balaban J connectivity index is 1.96. The van der Waals surface area contributed by atoms with E-state index in [9.17, 15) is 4.79 Å². The number of hydrogen-bond donors (Lipinski definition) is 1. The lowest BCUT2D eigenvalue weighted by Gasteiger charge is -2.22. The zero-order valence-corrected chi connectivity index (χ0v) is 12.6. The van der Waals surface area contributed by atoms with Crippen molar-refractivity contribution < 1.29 is 9.53 Å². The normalized spacial score (nSPS) is 16.8. The standard InChI is InChI=1S/C15H24N4O2/c1-21-10-9-18-5-2-6-19(8-7-18)15(20)13-3-4-17-14(11-13)12-16/h3-4,11H,2,5-10,12,16H2,1H3. The van der Waals surface area contributed by atoms with Crippen LogP contribution in [0.2, 0.25) is 0 Å². The highest BCUT2D eigenvalue weighted by Gasteiger charge is 2.20. The fraction of sp³-hybridized carbons (Fsp3) is 0.600. The maximum Gasteiger partial charge on any atom is 0.254 e. The first-order valence-corrected chi connectivity index (χ1v) is 7.40. The van der Waals surface area contributed by atoms with Gasteiger partial charge in [-0.25, -0.2) is 0 Å². The van der Waals surface area contributed by atoms with Gasteiger partial charge in [0.1, 0.15) is 0 Å². The summed E-state index contributed by atoms with van der Waals surface area (Å²) in [7, 11) is 1.71. The molecule has 116 valence electrons. The summed E-state index contributed by atoms with van der Waals surface area (Å²) >= 11 is 0. The van der Waals surface area contributed by atoms with Gasteiger partial charge < -0.3 is 15.4 Å². The summed E-state index contributed by atoms with van der Waals surface area (Å²) in [6, 6.07) is 3.55. The van der Waals surface area contributed by atoms with Gasteiger partial charge in [0.25, 0.3) is 5.91 Å². The van der Waals surface area contributed by atoms with E-state index in [1.54, 1.807) is 25.4 Å². The van der Waals surface area contributed by atoms with Crippen LogP contribution in [0.5, 0.6) is 0 Å². The number of hydrogen-bond acceptors (Lipinski definition) is 5. The third kappa shape index (κ3) is 4.49. The van der Waals surface area contributed by atoms with Gasteiger partial charge >= 0.3 is 0 Å². The van der Waals surface area contributed by atoms with Crippen molar-refractivity contribution in [3.05, 3.63) is 29.6 Å². The Morgan fingerprint density at radius 2 is 2.24 bits per heavy atom. The van der Waals surface area contributed by atoms with Crippen molar-refractivity contribution >= 4 is 5.91 Å². The Hall–Kier alpha value is -1.50. The Kier molecular flexibility index (Phi) is 6.10. The summed E-state index contributed by atoms with van der Waals surface area (Å²) in [4.78, 5) is 20.9. The molecule has 1 aliphatic heterocycles. The zero-order chi connectivity index (χ0) is 15.1. The fourth-order valence-corrected chi connectivity index (χ4v) is 2.52. The van der Waals surface area contributed by atoms with E-state index < -0.39 is 0 Å². The van der Waals surface area contributed by atoms with Crippen molar-refractivity contribution in [1.29, 1.82) is 0 Å². The second-order valence-corrected chi connectivity index (χ2v) is 5.22. The SMILES string of the molecule is COCCN1CCCN(C(=O)c2ccnc(CN)c2)CC1. The minimum atomic E-state index is 0.0701. The van der Waals surface area contributed by atoms with Crippen LogP contribution in [0.25, 0.3) is 0 Å². The first-order chi connectivity index (χ1) is 10.2. The summed E-state index contributed by atoms with van der Waals surface area (Å²) in [6.07, 6.45) is 2.64. The molecule has 6 heteroatoms. The first-order valence-electron chi connectivity index (χ1n) is 7.40. The van der Waals surface area contributed by atoms with Gasteiger partial charge in [0.05, 0.1) is 12.3 Å². The molecule has 6 nitrogen and oxygen atoms in total. The highest BCUT2D eigenvalue weighted by molar-refractivity contribution is 5.94. The molecule has 0 bridgehead atoms. The summed E-state index contributed by atoms with van der Waals surface area (Å²) < 4.78 is 5.11. The number of carbonyl (C=O) groups excluding carboxylic acids is 1. The van der Waals surface area contributed by atoms with Crippen molar-refractivity contribution in [3.63, 3.8) is 0 Å². The molecule has 1 saturated heterocycles. The summed E-state index contributed by atoms with van der Waals surface area (Å²) in [5.74, 6) is 0.0701. The van der Waals surface area contributed by atoms with Crippen molar-refractivity contribution in [2.75, 3.05) is 46.4 Å². The Morgan fingerprint density at radius 1 is 1.38 bits per heavy atom. The zero-order valence-electron chi connectivity index (χ0n) is 12.6. The van der Waals surface area contributed by atoms with Crippen molar-refractivity contribution in [2.45, 2.75) is 13.0 Å². The maximum atomic E-state index is 12.6. The lowest BCUT2D eigenvalue weighted by atomic mass is 10.2. The molecule has 0 atom stereocenters. The lowest BCUT2D eigenvalue weighted by Crippen LogP contribution is -2.36. The van der Waals surface area contributed by atoms with Crippen LogP contribution < -0.4 is 5.73 Å². The van der Waals surface area contributed by atoms with E-state index in [2.05, 4.69) is 9.88 Å². The molecule has 1 fully saturated rings. The number of nitrogens with zero attached hydrogens (tertiary/aromatic N) is 3. The van der Waals surface area contributed by atoms with Crippen LogP contribution in [-0.4, -0.2) is 67.1 Å². The molecule has 1 aromatic rings. The Bertz CT molecular complexity index is 467. The molecule has 2 rings (SSSR count). The van der Waals surface area contributed by atoms with Gasteiger partial charge in [-0.15, -0.1) is 0 Å². The number of rotatable bonds is 5. The Labute approximate surface area is 125 Å². The number of nitrogens with two attached hydrogens (primary N) is 1. The largest absolute Gasteiger partial charge is 0.383 e. The minimum absolute atomic E-state index is 0.0701. The van der Waals surface area contributed by atoms with Crippen LogP contribution in [0.15, 0.2) is 18.3 Å². The summed E-state index contributed by atoms with van der Waals surface area (Å²) in [5.41, 5.74) is 7.01. The fourth-order valence-electron chi connectivity index (χ4n) is 2.52. The van der Waals surface area contributed by atoms with Gasteiger partial charge in [-0.05, 0) is 25.1 Å². The third-order valence-corrected chi connectivity index (χ3v) is 3.76. The average Bonchev–Trinajstić information content (AvgIpc) is 2.78. The molecule has 0 radical (unpaired) electrons. The predicted octanol–water partition coefficient (Wildman–Crippen LogP) is 0.335. The van der Waals surface area contributed by atoms with Crippen LogP contribution in [0.4, 0.5) is 0 Å². The number of pyridine rings is 1. The molecule has 0 aromatic carbocycles. The quantitative estimate of drug-likeness (QED) is 0.847. The monoisotopic (exact) mass is 292 g/mol. The van der Waals surface area contributed by atoms with Crippen molar-refractivity contribution in [2.24, 2.45) is 5.73 Å². The van der Waals surface area contributed by atoms with Gasteiger partial charge in [-0.3, -0.25) is 14.7 Å². The highest BCUT2D eigenvalue weighted by atomic mass is 16.5. The topological polar surface area (TPSA) is 71.7 Å². The molecule has 0 spiro atoms. The van der Waals surface area contributed by atoms with E-state index in [0.29, 0.717) is 12.1 Å². The molecular weight excluding hydrogens is 268 g/mol. The molecule has 21 heavy (non-hydrogen) atoms. The van der Waals surface area contributed by atoms with Gasteiger partial charge in [0.15, 0.2) is 0 Å². The molecule has 1 aliphatic rings. The maximum absolute atomic E-state index is 12.6. The Morgan fingerprint density at radius 3 is 3.00 bits per heavy atom. The molecule has 2 N–H and O–H groups in total. The molecule has 2 heterocycles. The van der Waals surface area contributed by atoms with Gasteiger partial charge in [-0.1, -0.05) is 0 Å². The van der Waals surface area contributed by atoms with E-state index >= 15 is 0 Å². The highest BCUT2D eigenvalue weighted by Crippen LogP contribution is 2.10. The van der Waals surface area contributed by atoms with Crippen molar-refractivity contribution in [3.8, 4) is 0 Å². The van der Waals surface area contributed by atoms with Gasteiger partial charge in [0, 0.05) is 51.6 Å². The third-order valence-electron chi connectivity index (χ3n) is 3.76. The van der Waals surface area contributed by atoms with E-state index in [-0.39, 0.29) is 5.91 Å². The van der Waals surface area contributed by atoms with Crippen LogP contribution in [0.1, 0.15) is 22.5 Å². The number of aromatic nitrogens is 1. The predicted molar refractivity (Wildman–Crippen MR) is 81.0 cm³/mol. The lowest BCUT2D eigenvalue weighted by molar-refractivity contribution is 0.0759. The molecular formula is C15H24N4O2. The van der Waals surface area contributed by atoms with E-state index in [1.165, 1.54) is 0 Å². The average molecular weight is 292 g/mol. The van der Waals surface area contributed by atoms with E-state index in [4.69, 9.17) is 10.5 Å². The van der Waals surface area contributed by atoms with E-state index in [1.807, 2.05) is 4.90 Å². The smallest absolute Gasteiger partial charge is 0.254 e. The van der Waals surface area contributed by atoms with Crippen LogP contribution in [0.3, 0.4) is 0 Å². The number of ether oxygens (including phenoxy) is 1. The molecule has 0 saturated carbocycles. The molecule has 0 aliphatic carbocycles. The number of amides is 1. The summed E-state index contributed by atoms with van der Waals surface area (Å²) in [6.45, 7) is 5.46. The van der Waals surface area contributed by atoms with Gasteiger partial charge in [-0.2, -0.15) is 0 Å². The van der Waals surface area contributed by atoms with Crippen LogP contribution in [0, 0.1) is 0 Å². The first kappa shape index (κ1) is 15.9. The second-order valence-electron chi connectivity index (χ2n) is 5.22. The number of carbonyl (C=O) groups is 1. The van der Waals surface area contributed by atoms with Crippen molar-refractivity contribution in [1.82, 2.24) is 14.8 Å². The summed E-state index contributed by atoms with van der Waals surface area (Å²) in [5, 5.41) is 0. The van der Waals surface area contributed by atoms with E-state index in [0.717, 1.165) is 51.4 Å². The number of methoxy groups -OCH3 is 1. The van der Waals surface area contributed by atoms with Crippen LogP contribution in [-0.2, 0) is 11.3 Å².